The average Bonchev–Trinajstić information content (AvgIpc) is 3.85. The van der Waals surface area contributed by atoms with Crippen molar-refractivity contribution in [2.45, 2.75) is 249 Å². The maximum absolute atomic E-state index is 15.6. The minimum atomic E-state index is -0.656. The van der Waals surface area contributed by atoms with Crippen molar-refractivity contribution in [2.75, 3.05) is 12.4 Å². The van der Waals surface area contributed by atoms with E-state index >= 15 is 9.59 Å². The van der Waals surface area contributed by atoms with Gasteiger partial charge in [0.25, 0.3) is 0 Å². The highest BCUT2D eigenvalue weighted by molar-refractivity contribution is 6.26. The minimum Gasteiger partial charge on any atom is -0.458 e. The Morgan fingerprint density at radius 2 is 1.00 bits per heavy atom. The van der Waals surface area contributed by atoms with E-state index in [1.54, 1.807) is 11.9 Å². The number of rotatable bonds is 16. The smallest absolute Gasteiger partial charge is 0.342 e. The van der Waals surface area contributed by atoms with Gasteiger partial charge in [-0.15, -0.1) is 0 Å². The lowest BCUT2D eigenvalue weighted by Gasteiger charge is -2.50. The molecule has 4 atom stereocenters. The number of aromatic amines is 1. The fourth-order valence-corrected chi connectivity index (χ4v) is 13.5. The molecule has 1 aromatic rings. The first-order chi connectivity index (χ1) is 33.9. The van der Waals surface area contributed by atoms with Crippen molar-refractivity contribution in [1.82, 2.24) is 9.88 Å². The Kier molecular flexibility index (Phi) is 20.0. The highest BCUT2D eigenvalue weighted by Crippen LogP contribution is 2.52. The standard InChI is InChI=1S/C64H108N4O6/c1-26-63(27-2,28-3)57(71)67-53-49(55(69)73-51-41(59(13,14)15)32-39(11)33-42(51)60(16,17)18)47(37(7)8)45(65-53)36-46-48(38(9)10)50(54(66-46)68(25)58(72)64(29-4,30-5)31-6)56(70)74-52-43(61(19,20)21)34-40(12)35-44(52)62(22,23)24/h36-44,51-52,65H,26-35H2,1-25H3,(H,67,71). The highest BCUT2D eigenvalue weighted by atomic mass is 16.5. The van der Waals surface area contributed by atoms with Gasteiger partial charge in [0.05, 0.1) is 5.70 Å². The van der Waals surface area contributed by atoms with E-state index in [1.807, 2.05) is 26.8 Å². The number of aliphatic imine (C=N–C) groups is 1. The number of allylic oxidation sites excluding steroid dienone is 1. The SMILES string of the molecule is CCC(CC)(CC)C(=O)Nc1[nH]c(C=C2N=C(N(C)C(=O)C(CC)(CC)CC)C(C(=O)OC3C(C(C)(C)C)CC(C)CC3C(C)(C)C)=C2C(C)C)c(C(C)C)c1C(=O)OC1C(C(C)(C)C)CC(C)CC1C(C)(C)C. The van der Waals surface area contributed by atoms with Crippen molar-refractivity contribution >= 4 is 41.5 Å². The van der Waals surface area contributed by atoms with Gasteiger partial charge in [-0.25, -0.2) is 14.6 Å². The third-order valence-corrected chi connectivity index (χ3v) is 18.9. The average molecular weight is 1030 g/mol. The van der Waals surface area contributed by atoms with Crippen molar-refractivity contribution in [1.29, 1.82) is 0 Å². The van der Waals surface area contributed by atoms with Gasteiger partial charge in [-0.05, 0) is 127 Å². The first kappa shape index (κ1) is 62.8. The monoisotopic (exact) mass is 1030 g/mol. The zero-order chi connectivity index (χ0) is 56.6. The van der Waals surface area contributed by atoms with Crippen molar-refractivity contribution in [2.24, 2.45) is 78.9 Å². The summed E-state index contributed by atoms with van der Waals surface area (Å²) in [5, 5.41) is 3.27. The molecule has 10 nitrogen and oxygen atoms in total. The molecule has 0 bridgehead atoms. The number of hydrogen-bond donors (Lipinski definition) is 2. The Morgan fingerprint density at radius 1 is 0.622 bits per heavy atom. The summed E-state index contributed by atoms with van der Waals surface area (Å²) in [5.74, 6) is 0.311. The van der Waals surface area contributed by atoms with Crippen molar-refractivity contribution < 1.29 is 28.7 Å². The molecular formula is C64H108N4O6. The second kappa shape index (κ2) is 23.5. The molecule has 2 aliphatic carbocycles. The largest absolute Gasteiger partial charge is 0.458 e. The van der Waals surface area contributed by atoms with E-state index in [4.69, 9.17) is 14.5 Å². The van der Waals surface area contributed by atoms with Crippen LogP contribution in [-0.4, -0.2) is 58.7 Å². The van der Waals surface area contributed by atoms with Crippen LogP contribution in [0.25, 0.3) is 6.08 Å². The summed E-state index contributed by atoms with van der Waals surface area (Å²) >= 11 is 0. The van der Waals surface area contributed by atoms with Crippen LogP contribution in [0.1, 0.15) is 258 Å². The number of amidine groups is 1. The molecule has 0 saturated heterocycles. The number of carbonyl (C=O) groups is 4. The van der Waals surface area contributed by atoms with E-state index in [9.17, 15) is 9.59 Å². The number of nitrogens with one attached hydrogen (secondary N) is 2. The number of likely N-dealkylation sites (N-methyl/N-ethyl adjacent to an activating group) is 1. The van der Waals surface area contributed by atoms with Crippen molar-refractivity contribution in [3.8, 4) is 0 Å². The quantitative estimate of drug-likeness (QED) is 0.159. The van der Waals surface area contributed by atoms with Gasteiger partial charge in [0, 0.05) is 47.2 Å². The third kappa shape index (κ3) is 13.0. The minimum absolute atomic E-state index is 0.0895. The Labute approximate surface area is 451 Å². The summed E-state index contributed by atoms with van der Waals surface area (Å²) in [4.78, 5) is 71.3. The highest BCUT2D eigenvalue weighted by Gasteiger charge is 2.51. The molecule has 420 valence electrons. The van der Waals surface area contributed by atoms with Gasteiger partial charge in [-0.1, -0.05) is 166 Å². The van der Waals surface area contributed by atoms with E-state index < -0.39 is 22.8 Å². The second-order valence-electron chi connectivity index (χ2n) is 28.5. The van der Waals surface area contributed by atoms with Gasteiger partial charge >= 0.3 is 11.9 Å². The molecule has 3 aliphatic rings. The number of hydrogen-bond acceptors (Lipinski definition) is 7. The van der Waals surface area contributed by atoms with E-state index in [1.165, 1.54) is 0 Å². The first-order valence-electron chi connectivity index (χ1n) is 29.3. The van der Waals surface area contributed by atoms with Gasteiger partial charge in [-0.2, -0.15) is 0 Å². The van der Waals surface area contributed by atoms with Crippen molar-refractivity contribution in [3.05, 3.63) is 33.7 Å². The number of carbonyl (C=O) groups excluding carboxylic acids is 4. The summed E-state index contributed by atoms with van der Waals surface area (Å²) in [6.45, 7) is 52.2. The summed E-state index contributed by atoms with van der Waals surface area (Å²) in [6, 6.07) is 0. The molecule has 0 aromatic carbocycles. The topological polar surface area (TPSA) is 130 Å². The summed E-state index contributed by atoms with van der Waals surface area (Å²) in [5.41, 5.74) is 1.21. The number of nitrogens with zero attached hydrogens (tertiary/aromatic N) is 2. The molecule has 2 saturated carbocycles. The molecule has 2 N–H and O–H groups in total. The van der Waals surface area contributed by atoms with Gasteiger partial charge in [0.2, 0.25) is 11.8 Å². The van der Waals surface area contributed by atoms with Gasteiger partial charge in [-0.3, -0.25) is 14.5 Å². The molecule has 4 unspecified atom stereocenters. The lowest BCUT2D eigenvalue weighted by atomic mass is 9.59. The predicted octanol–water partition coefficient (Wildman–Crippen LogP) is 16.6. The Balaban J connectivity index is 2.12. The second-order valence-corrected chi connectivity index (χ2v) is 28.5. The summed E-state index contributed by atoms with van der Waals surface area (Å²) < 4.78 is 14.0. The van der Waals surface area contributed by atoms with E-state index in [-0.39, 0.29) is 87.0 Å². The number of esters is 2. The van der Waals surface area contributed by atoms with Crippen LogP contribution in [0.4, 0.5) is 5.82 Å². The Hall–Kier alpha value is -3.69. The first-order valence-corrected chi connectivity index (χ1v) is 29.3. The lowest BCUT2D eigenvalue weighted by Crippen LogP contribution is -2.50. The summed E-state index contributed by atoms with van der Waals surface area (Å²) in [6.07, 6.45) is 8.78. The third-order valence-electron chi connectivity index (χ3n) is 18.9. The van der Waals surface area contributed by atoms with Crippen LogP contribution in [-0.2, 0) is 23.9 Å². The molecule has 2 heterocycles. The van der Waals surface area contributed by atoms with Crippen LogP contribution in [0, 0.1) is 73.9 Å². The maximum atomic E-state index is 15.6. The number of H-pyrrole nitrogens is 1. The molecule has 0 radical (unpaired) electrons. The van der Waals surface area contributed by atoms with Gasteiger partial charge in [0.1, 0.15) is 29.2 Å². The zero-order valence-electron chi connectivity index (χ0n) is 51.8. The van der Waals surface area contributed by atoms with Crippen LogP contribution in [0.2, 0.25) is 0 Å². The number of ether oxygens (including phenoxy) is 2. The normalized spacial score (nSPS) is 25.2. The fourth-order valence-electron chi connectivity index (χ4n) is 13.5. The van der Waals surface area contributed by atoms with Crippen LogP contribution in [0.15, 0.2) is 21.8 Å². The molecule has 4 rings (SSSR count). The molecule has 0 spiro atoms. The summed E-state index contributed by atoms with van der Waals surface area (Å²) in [7, 11) is 1.75. The van der Waals surface area contributed by atoms with E-state index in [0.717, 1.165) is 25.7 Å². The predicted molar refractivity (Wildman–Crippen MR) is 308 cm³/mol. The number of amides is 2. The molecule has 1 aromatic heterocycles. The van der Waals surface area contributed by atoms with Crippen molar-refractivity contribution in [3.63, 3.8) is 0 Å². The Morgan fingerprint density at radius 3 is 1.34 bits per heavy atom. The number of anilines is 1. The lowest BCUT2D eigenvalue weighted by molar-refractivity contribution is -0.164. The molecule has 10 heteroatoms. The molecule has 1 aliphatic heterocycles. The Bertz CT molecular complexity index is 2190. The maximum Gasteiger partial charge on any atom is 0.342 e. The molecule has 74 heavy (non-hydrogen) atoms. The van der Waals surface area contributed by atoms with E-state index in [0.29, 0.717) is 89.8 Å². The number of aromatic nitrogens is 1. The molecule has 2 fully saturated rings. The molecular weight excluding hydrogens is 921 g/mol. The van der Waals surface area contributed by atoms with Crippen LogP contribution in [0.5, 0.6) is 0 Å². The van der Waals surface area contributed by atoms with Crippen LogP contribution in [0.3, 0.4) is 0 Å². The van der Waals surface area contributed by atoms with Gasteiger partial charge in [0.15, 0.2) is 5.84 Å². The zero-order valence-corrected chi connectivity index (χ0v) is 51.8. The van der Waals surface area contributed by atoms with Crippen LogP contribution >= 0.6 is 0 Å². The van der Waals surface area contributed by atoms with E-state index in [2.05, 4.69) is 156 Å². The van der Waals surface area contributed by atoms with Crippen LogP contribution < -0.4 is 5.32 Å². The fraction of sp³-hybridized carbons (Fsp3) is 0.797. The van der Waals surface area contributed by atoms with Gasteiger partial charge < -0.3 is 19.8 Å². The molecule has 2 amide bonds.